The van der Waals surface area contributed by atoms with Crippen molar-refractivity contribution >= 4 is 21.6 Å². The van der Waals surface area contributed by atoms with Crippen LogP contribution in [0.25, 0.3) is 0 Å². The Bertz CT molecular complexity index is 606. The van der Waals surface area contributed by atoms with Gasteiger partial charge in [0.05, 0.1) is 17.0 Å². The Hall–Kier alpha value is -0.820. The molecule has 2 rings (SSSR count). The number of rotatable bonds is 4. The molecular weight excluding hydrogens is 312 g/mol. The third-order valence-electron chi connectivity index (χ3n) is 3.92. The largest absolute Gasteiger partial charge is 0.495 e. The number of ether oxygens (including phenoxy) is 1. The van der Waals surface area contributed by atoms with Gasteiger partial charge in [-0.05, 0) is 38.0 Å². The molecule has 21 heavy (non-hydrogen) atoms. The first kappa shape index (κ1) is 16.5. The van der Waals surface area contributed by atoms with E-state index in [0.29, 0.717) is 12.3 Å². The quantitative estimate of drug-likeness (QED) is 0.917. The number of benzene rings is 1. The third kappa shape index (κ3) is 3.18. The van der Waals surface area contributed by atoms with Crippen LogP contribution in [0.4, 0.5) is 0 Å². The van der Waals surface area contributed by atoms with Gasteiger partial charge in [-0.25, -0.2) is 8.42 Å². The highest BCUT2D eigenvalue weighted by molar-refractivity contribution is 7.89. The lowest BCUT2D eigenvalue weighted by atomic mass is 10.00. The average molecular weight is 333 g/mol. The molecule has 1 aromatic rings. The Balaban J connectivity index is 2.42. The highest BCUT2D eigenvalue weighted by atomic mass is 35.5. The summed E-state index contributed by atoms with van der Waals surface area (Å²) in [5.41, 5.74) is 5.75. The minimum absolute atomic E-state index is 0.0572. The molecule has 0 amide bonds. The van der Waals surface area contributed by atoms with Crippen LogP contribution in [0.2, 0.25) is 5.02 Å². The van der Waals surface area contributed by atoms with Gasteiger partial charge in [-0.15, -0.1) is 0 Å². The molecular formula is C14H21ClN2O3S. The summed E-state index contributed by atoms with van der Waals surface area (Å²) < 4.78 is 32.4. The van der Waals surface area contributed by atoms with Crippen molar-refractivity contribution in [2.45, 2.75) is 43.2 Å². The molecule has 0 aliphatic carbocycles. The summed E-state index contributed by atoms with van der Waals surface area (Å²) in [4.78, 5) is 0.181. The van der Waals surface area contributed by atoms with Crippen molar-refractivity contribution in [1.29, 1.82) is 0 Å². The van der Waals surface area contributed by atoms with Crippen LogP contribution in [-0.4, -0.2) is 38.5 Å². The Labute approximate surface area is 131 Å². The monoisotopic (exact) mass is 332 g/mol. The van der Waals surface area contributed by atoms with Gasteiger partial charge in [-0.1, -0.05) is 18.0 Å². The first-order valence-electron chi connectivity index (χ1n) is 6.99. The third-order valence-corrected chi connectivity index (χ3v) is 6.28. The highest BCUT2D eigenvalue weighted by Crippen LogP contribution is 2.32. The summed E-state index contributed by atoms with van der Waals surface area (Å²) in [5, 5.41) is 0.285. The number of piperidine rings is 1. The van der Waals surface area contributed by atoms with Crippen LogP contribution in [0.1, 0.15) is 26.2 Å². The normalized spacial score (nSPS) is 24.0. The molecule has 0 bridgehead atoms. The van der Waals surface area contributed by atoms with Crippen molar-refractivity contribution in [2.24, 2.45) is 5.73 Å². The number of sulfonamides is 1. The lowest BCUT2D eigenvalue weighted by molar-refractivity contribution is 0.196. The predicted octanol–water partition coefficient (Wildman–Crippen LogP) is 2.24. The van der Waals surface area contributed by atoms with E-state index in [0.717, 1.165) is 19.3 Å². The molecule has 2 atom stereocenters. The fraction of sp³-hybridized carbons (Fsp3) is 0.571. The van der Waals surface area contributed by atoms with Crippen molar-refractivity contribution in [3.05, 3.63) is 23.2 Å². The van der Waals surface area contributed by atoms with Crippen LogP contribution in [0.3, 0.4) is 0 Å². The van der Waals surface area contributed by atoms with E-state index in [1.165, 1.54) is 23.5 Å². The zero-order valence-electron chi connectivity index (χ0n) is 12.3. The second kappa shape index (κ2) is 6.52. The maximum atomic E-state index is 12.9. The van der Waals surface area contributed by atoms with Crippen molar-refractivity contribution in [2.75, 3.05) is 13.7 Å². The van der Waals surface area contributed by atoms with E-state index < -0.39 is 10.0 Å². The van der Waals surface area contributed by atoms with Gasteiger partial charge in [0, 0.05) is 18.6 Å². The van der Waals surface area contributed by atoms with Gasteiger partial charge in [-0.3, -0.25) is 0 Å². The van der Waals surface area contributed by atoms with Gasteiger partial charge in [-0.2, -0.15) is 4.31 Å². The van der Waals surface area contributed by atoms with E-state index in [9.17, 15) is 8.42 Å². The van der Waals surface area contributed by atoms with E-state index in [1.54, 1.807) is 6.07 Å². The second-order valence-electron chi connectivity index (χ2n) is 5.30. The van der Waals surface area contributed by atoms with Gasteiger partial charge < -0.3 is 10.5 Å². The van der Waals surface area contributed by atoms with Gasteiger partial charge in [0.25, 0.3) is 0 Å². The summed E-state index contributed by atoms with van der Waals surface area (Å²) in [6.07, 6.45) is 2.64. The SMILES string of the molecule is COc1ccc(S(=O)(=O)N2C(C)CCCC2CN)cc1Cl. The number of nitrogens with two attached hydrogens (primary N) is 1. The summed E-state index contributed by atoms with van der Waals surface area (Å²) in [6.45, 7) is 2.25. The number of nitrogens with zero attached hydrogens (tertiary/aromatic N) is 1. The van der Waals surface area contributed by atoms with Gasteiger partial charge >= 0.3 is 0 Å². The molecule has 0 aromatic heterocycles. The zero-order valence-corrected chi connectivity index (χ0v) is 13.8. The first-order valence-corrected chi connectivity index (χ1v) is 8.80. The smallest absolute Gasteiger partial charge is 0.243 e. The van der Waals surface area contributed by atoms with Gasteiger partial charge in [0.15, 0.2) is 0 Å². The van der Waals surface area contributed by atoms with Crippen LogP contribution in [0.5, 0.6) is 5.75 Å². The summed E-state index contributed by atoms with van der Waals surface area (Å²) in [6, 6.07) is 4.32. The van der Waals surface area contributed by atoms with Crippen molar-refractivity contribution in [3.63, 3.8) is 0 Å². The lowest BCUT2D eigenvalue weighted by Crippen LogP contribution is -2.51. The molecule has 2 unspecified atom stereocenters. The Morgan fingerprint density at radius 3 is 2.71 bits per heavy atom. The number of hydrogen-bond acceptors (Lipinski definition) is 4. The number of halogens is 1. The molecule has 1 heterocycles. The summed E-state index contributed by atoms with van der Waals surface area (Å²) >= 11 is 6.05. The standard InChI is InChI=1S/C14H21ClN2O3S/c1-10-4-3-5-11(9-16)17(10)21(18,19)12-6-7-14(20-2)13(15)8-12/h6-8,10-11H,3-5,9,16H2,1-2H3. The molecule has 2 N–H and O–H groups in total. The second-order valence-corrected chi connectivity index (χ2v) is 7.55. The molecule has 118 valence electrons. The van der Waals surface area contributed by atoms with E-state index in [2.05, 4.69) is 0 Å². The fourth-order valence-corrected chi connectivity index (χ4v) is 5.08. The van der Waals surface area contributed by atoms with Crippen molar-refractivity contribution < 1.29 is 13.2 Å². The van der Waals surface area contributed by atoms with E-state index >= 15 is 0 Å². The lowest BCUT2D eigenvalue weighted by Gasteiger charge is -2.39. The van der Waals surface area contributed by atoms with Crippen LogP contribution >= 0.6 is 11.6 Å². The highest BCUT2D eigenvalue weighted by Gasteiger charge is 2.37. The number of hydrogen-bond donors (Lipinski definition) is 1. The molecule has 1 aromatic carbocycles. The van der Waals surface area contributed by atoms with E-state index in [-0.39, 0.29) is 22.0 Å². The molecule has 1 aliphatic rings. The molecule has 7 heteroatoms. The van der Waals surface area contributed by atoms with E-state index in [1.807, 2.05) is 6.92 Å². The van der Waals surface area contributed by atoms with Crippen LogP contribution in [0.15, 0.2) is 23.1 Å². The topological polar surface area (TPSA) is 72.6 Å². The molecule has 0 spiro atoms. The van der Waals surface area contributed by atoms with Gasteiger partial charge in [0.1, 0.15) is 5.75 Å². The van der Waals surface area contributed by atoms with Crippen LogP contribution < -0.4 is 10.5 Å². The molecule has 1 aliphatic heterocycles. The average Bonchev–Trinajstić information content (AvgIpc) is 2.46. The minimum Gasteiger partial charge on any atom is -0.495 e. The van der Waals surface area contributed by atoms with Crippen molar-refractivity contribution in [3.8, 4) is 5.75 Å². The summed E-state index contributed by atoms with van der Waals surface area (Å²) in [7, 11) is -2.11. The maximum Gasteiger partial charge on any atom is 0.243 e. The van der Waals surface area contributed by atoms with Gasteiger partial charge in [0.2, 0.25) is 10.0 Å². The Morgan fingerprint density at radius 2 is 2.14 bits per heavy atom. The predicted molar refractivity (Wildman–Crippen MR) is 83.2 cm³/mol. The van der Waals surface area contributed by atoms with Crippen LogP contribution in [0, 0.1) is 0 Å². The Kier molecular flexibility index (Phi) is 5.14. The minimum atomic E-state index is -3.61. The zero-order chi connectivity index (χ0) is 15.6. The van der Waals surface area contributed by atoms with Crippen LogP contribution in [-0.2, 0) is 10.0 Å². The molecule has 1 fully saturated rings. The fourth-order valence-electron chi connectivity index (χ4n) is 2.85. The first-order chi connectivity index (χ1) is 9.91. The molecule has 1 saturated heterocycles. The summed E-state index contributed by atoms with van der Waals surface area (Å²) in [5.74, 6) is 0.456. The number of methoxy groups -OCH3 is 1. The van der Waals surface area contributed by atoms with Crippen molar-refractivity contribution in [1.82, 2.24) is 4.31 Å². The Morgan fingerprint density at radius 1 is 1.43 bits per heavy atom. The molecule has 0 saturated carbocycles. The molecule has 0 radical (unpaired) electrons. The maximum absolute atomic E-state index is 12.9. The molecule has 5 nitrogen and oxygen atoms in total. The van der Waals surface area contributed by atoms with E-state index in [4.69, 9.17) is 22.1 Å².